The van der Waals surface area contributed by atoms with Crippen molar-refractivity contribution in [2.45, 2.75) is 23.9 Å². The molecular weight excluding hydrogens is 343 g/mol. The van der Waals surface area contributed by atoms with E-state index < -0.39 is 23.2 Å². The summed E-state index contributed by atoms with van der Waals surface area (Å²) in [5.41, 5.74) is 7.72. The van der Waals surface area contributed by atoms with Crippen LogP contribution in [0.15, 0.2) is 60.7 Å². The summed E-state index contributed by atoms with van der Waals surface area (Å²) in [6.07, 6.45) is 6.23. The standard InChI is InChI=1S/C12H13.C9H7.Zr/c1-9(2)11-8-7-10-5-3-4-6-12(10)11;1-2-5-9-7-3-6-8(9)4-1;/h3-9H,1-2H3;1-5H,6H2;. The fourth-order valence-corrected chi connectivity index (χ4v) is 7.59. The molecule has 0 aliphatic heterocycles. The Morgan fingerprint density at radius 3 is 2.50 bits per heavy atom. The molecule has 0 heterocycles. The van der Waals surface area contributed by atoms with Crippen LogP contribution in [0.4, 0.5) is 0 Å². The van der Waals surface area contributed by atoms with Gasteiger partial charge in [-0.25, -0.2) is 0 Å². The van der Waals surface area contributed by atoms with Gasteiger partial charge in [0.25, 0.3) is 0 Å². The molecule has 1 heteroatoms. The van der Waals surface area contributed by atoms with Gasteiger partial charge in [-0.2, -0.15) is 0 Å². The van der Waals surface area contributed by atoms with Crippen LogP contribution in [0.2, 0.25) is 0 Å². The fraction of sp³-hybridized carbons (Fsp3) is 0.238. The summed E-state index contributed by atoms with van der Waals surface area (Å²) in [5, 5.41) is 0. The first-order chi connectivity index (χ1) is 10.7. The van der Waals surface area contributed by atoms with Crippen molar-refractivity contribution >= 4 is 8.85 Å². The van der Waals surface area contributed by atoms with Gasteiger partial charge in [0, 0.05) is 0 Å². The summed E-state index contributed by atoms with van der Waals surface area (Å²) in [5.74, 6) is 0.621. The van der Waals surface area contributed by atoms with Gasteiger partial charge in [-0.3, -0.25) is 0 Å². The zero-order valence-corrected chi connectivity index (χ0v) is 15.6. The third kappa shape index (κ3) is 2.40. The zero-order chi connectivity index (χ0) is 15.1. The molecule has 0 spiro atoms. The van der Waals surface area contributed by atoms with Gasteiger partial charge in [-0.15, -0.1) is 0 Å². The Bertz CT molecular complexity index is 780. The van der Waals surface area contributed by atoms with E-state index in [4.69, 9.17) is 0 Å². The molecule has 0 bridgehead atoms. The number of benzene rings is 2. The third-order valence-corrected chi connectivity index (χ3v) is 8.59. The molecule has 0 nitrogen and oxygen atoms in total. The zero-order valence-electron chi connectivity index (χ0n) is 13.1. The molecule has 0 saturated heterocycles. The quantitative estimate of drug-likeness (QED) is 0.679. The molecule has 0 amide bonds. The van der Waals surface area contributed by atoms with Crippen molar-refractivity contribution in [3.05, 3.63) is 82.9 Å². The summed E-state index contributed by atoms with van der Waals surface area (Å²) in [4.78, 5) is 0. The van der Waals surface area contributed by atoms with E-state index in [1.807, 2.05) is 0 Å². The topological polar surface area (TPSA) is 0 Å². The second kappa shape index (κ2) is 5.78. The Morgan fingerprint density at radius 1 is 0.955 bits per heavy atom. The summed E-state index contributed by atoms with van der Waals surface area (Å²) in [6.45, 7) is 4.64. The normalized spacial score (nSPS) is 18.8. The molecule has 0 radical (unpaired) electrons. The number of allylic oxidation sites excluding steroid dienone is 3. The monoisotopic (exact) mass is 362 g/mol. The SMILES string of the molecule is CC(C)C1=C[CH]([Zr][C]2=CCc3ccccc32)c2ccccc21. The first-order valence-electron chi connectivity index (χ1n) is 8.10. The summed E-state index contributed by atoms with van der Waals surface area (Å²) in [6, 6.07) is 18.0. The predicted octanol–water partition coefficient (Wildman–Crippen LogP) is 5.46. The predicted molar refractivity (Wildman–Crippen MR) is 90.1 cm³/mol. The molecule has 4 rings (SSSR count). The molecule has 108 valence electrons. The van der Waals surface area contributed by atoms with Crippen LogP contribution >= 0.6 is 0 Å². The van der Waals surface area contributed by atoms with Crippen molar-refractivity contribution < 1.29 is 23.2 Å². The molecule has 2 aromatic carbocycles. The van der Waals surface area contributed by atoms with E-state index in [0.717, 1.165) is 6.42 Å². The fourth-order valence-electron chi connectivity index (χ4n) is 3.60. The van der Waals surface area contributed by atoms with Crippen LogP contribution < -0.4 is 0 Å². The van der Waals surface area contributed by atoms with Gasteiger partial charge >= 0.3 is 145 Å². The molecule has 0 N–H and O–H groups in total. The maximum atomic E-state index is 2.59. The van der Waals surface area contributed by atoms with E-state index in [2.05, 4.69) is 74.5 Å². The average molecular weight is 364 g/mol. The van der Waals surface area contributed by atoms with Crippen LogP contribution in [0.3, 0.4) is 0 Å². The molecule has 2 aromatic rings. The number of fused-ring (bicyclic) bond motifs is 2. The molecule has 0 saturated carbocycles. The van der Waals surface area contributed by atoms with Crippen molar-refractivity contribution in [3.63, 3.8) is 0 Å². The van der Waals surface area contributed by atoms with Crippen LogP contribution in [0.5, 0.6) is 0 Å². The molecule has 2 aliphatic rings. The van der Waals surface area contributed by atoms with E-state index in [0.29, 0.717) is 9.54 Å². The van der Waals surface area contributed by atoms with Gasteiger partial charge in [-0.05, 0) is 0 Å². The summed E-state index contributed by atoms with van der Waals surface area (Å²) >= 11 is -0.660. The van der Waals surface area contributed by atoms with E-state index >= 15 is 0 Å². The van der Waals surface area contributed by atoms with Gasteiger partial charge in [0.05, 0.1) is 0 Å². The van der Waals surface area contributed by atoms with Gasteiger partial charge in [0.15, 0.2) is 0 Å². The second-order valence-electron chi connectivity index (χ2n) is 6.47. The Labute approximate surface area is 144 Å². The minimum absolute atomic E-state index is 0.621. The molecule has 22 heavy (non-hydrogen) atoms. The van der Waals surface area contributed by atoms with E-state index in [9.17, 15) is 0 Å². The van der Waals surface area contributed by atoms with Crippen molar-refractivity contribution in [2.75, 3.05) is 0 Å². The Hall–Kier alpha value is -1.20. The van der Waals surface area contributed by atoms with Crippen LogP contribution in [0, 0.1) is 5.92 Å². The molecule has 2 aliphatic carbocycles. The number of hydrogen-bond acceptors (Lipinski definition) is 0. The van der Waals surface area contributed by atoms with Crippen molar-refractivity contribution in [1.82, 2.24) is 0 Å². The average Bonchev–Trinajstić information content (AvgIpc) is 3.11. The van der Waals surface area contributed by atoms with Crippen LogP contribution in [0.25, 0.3) is 8.85 Å². The second-order valence-corrected chi connectivity index (χ2v) is 10.0. The Morgan fingerprint density at radius 2 is 1.68 bits per heavy atom. The Kier molecular flexibility index (Phi) is 3.78. The molecule has 0 fully saturated rings. The first-order valence-corrected chi connectivity index (χ1v) is 10.7. The molecule has 1 atom stereocenters. The number of hydrogen-bond donors (Lipinski definition) is 0. The van der Waals surface area contributed by atoms with Crippen LogP contribution in [-0.4, -0.2) is 0 Å². The van der Waals surface area contributed by atoms with Crippen LogP contribution in [-0.2, 0) is 29.7 Å². The van der Waals surface area contributed by atoms with Gasteiger partial charge in [-0.1, -0.05) is 0 Å². The van der Waals surface area contributed by atoms with Crippen molar-refractivity contribution in [1.29, 1.82) is 0 Å². The van der Waals surface area contributed by atoms with E-state index in [1.54, 1.807) is 14.4 Å². The Balaban J connectivity index is 1.68. The summed E-state index contributed by atoms with van der Waals surface area (Å²) < 4.78 is 2.40. The van der Waals surface area contributed by atoms with Gasteiger partial charge in [0.1, 0.15) is 0 Å². The van der Waals surface area contributed by atoms with Crippen molar-refractivity contribution in [2.24, 2.45) is 5.92 Å². The molecular formula is C21H20Zr. The minimum atomic E-state index is -0.660. The van der Waals surface area contributed by atoms with Gasteiger partial charge in [0.2, 0.25) is 0 Å². The van der Waals surface area contributed by atoms with Gasteiger partial charge < -0.3 is 0 Å². The number of rotatable bonds is 3. The van der Waals surface area contributed by atoms with E-state index in [-0.39, 0.29) is 0 Å². The molecule has 1 unspecified atom stereocenters. The summed E-state index contributed by atoms with van der Waals surface area (Å²) in [7, 11) is 0. The van der Waals surface area contributed by atoms with E-state index in [1.165, 1.54) is 16.7 Å². The third-order valence-electron chi connectivity index (χ3n) is 4.72. The molecule has 0 aromatic heterocycles. The maximum absolute atomic E-state index is 2.59. The van der Waals surface area contributed by atoms with Crippen LogP contribution in [0.1, 0.15) is 39.7 Å². The van der Waals surface area contributed by atoms with Crippen molar-refractivity contribution in [3.8, 4) is 0 Å². The first kappa shape index (κ1) is 14.4.